The van der Waals surface area contributed by atoms with Gasteiger partial charge in [0.05, 0.1) is 19.2 Å². The van der Waals surface area contributed by atoms with Gasteiger partial charge in [0.15, 0.2) is 9.90 Å². The molecule has 9 nitrogen and oxygen atoms in total. The van der Waals surface area contributed by atoms with Gasteiger partial charge >= 0.3 is 5.97 Å². The number of sulfonamides is 1. The van der Waals surface area contributed by atoms with Crippen LogP contribution in [0.15, 0.2) is 9.72 Å². The molecular formula is C10H11N3O6S2. The predicted molar refractivity (Wildman–Crippen MR) is 70.0 cm³/mol. The third-order valence-corrected chi connectivity index (χ3v) is 6.09. The lowest BCUT2D eigenvalue weighted by Crippen LogP contribution is -2.58. The van der Waals surface area contributed by atoms with Crippen molar-refractivity contribution in [2.24, 2.45) is 0 Å². The molecule has 1 aromatic rings. The first kappa shape index (κ1) is 15.5. The summed E-state index contributed by atoms with van der Waals surface area (Å²) in [5, 5.41) is 2.04. The standard InChI is InChI=1S/C10H11N3O6S2/c1-5-8(15)12-6(14)3-13(5)21(17,18)10-7(9(16)19-2)11-4-20-10/h4-5H,3H2,1-2H3,(H,12,14,15). The molecule has 0 spiro atoms. The average Bonchev–Trinajstić information content (AvgIpc) is 2.91. The van der Waals surface area contributed by atoms with Crippen LogP contribution in [-0.4, -0.2) is 55.2 Å². The molecule has 1 unspecified atom stereocenters. The summed E-state index contributed by atoms with van der Waals surface area (Å²) in [6, 6.07) is -1.07. The molecule has 21 heavy (non-hydrogen) atoms. The Morgan fingerprint density at radius 2 is 2.19 bits per heavy atom. The quantitative estimate of drug-likeness (QED) is 0.554. The molecule has 0 radical (unpaired) electrons. The van der Waals surface area contributed by atoms with E-state index in [9.17, 15) is 22.8 Å². The molecule has 1 aliphatic heterocycles. The highest BCUT2D eigenvalue weighted by Crippen LogP contribution is 2.26. The van der Waals surface area contributed by atoms with Gasteiger partial charge in [0.2, 0.25) is 11.8 Å². The lowest BCUT2D eigenvalue weighted by molar-refractivity contribution is -0.136. The summed E-state index contributed by atoms with van der Waals surface area (Å²) in [6.45, 7) is 0.839. The maximum atomic E-state index is 12.5. The van der Waals surface area contributed by atoms with Crippen molar-refractivity contribution in [3.8, 4) is 0 Å². The van der Waals surface area contributed by atoms with Crippen LogP contribution in [0.2, 0.25) is 0 Å². The third kappa shape index (κ3) is 2.66. The minimum Gasteiger partial charge on any atom is -0.464 e. The highest BCUT2D eigenvalue weighted by molar-refractivity contribution is 7.91. The molecular weight excluding hydrogens is 322 g/mol. The first-order valence-corrected chi connectivity index (χ1v) is 7.98. The van der Waals surface area contributed by atoms with Crippen molar-refractivity contribution in [2.75, 3.05) is 13.7 Å². The molecule has 114 valence electrons. The minimum atomic E-state index is -4.21. The van der Waals surface area contributed by atoms with Crippen molar-refractivity contribution in [3.63, 3.8) is 0 Å². The Bertz CT molecular complexity index is 710. The Labute approximate surface area is 124 Å². The molecule has 11 heteroatoms. The summed E-state index contributed by atoms with van der Waals surface area (Å²) in [5.41, 5.74) is 0.809. The number of nitrogens with zero attached hydrogens (tertiary/aromatic N) is 2. The number of methoxy groups -OCH3 is 1. The molecule has 0 saturated carbocycles. The van der Waals surface area contributed by atoms with Gasteiger partial charge < -0.3 is 4.74 Å². The summed E-state index contributed by atoms with van der Waals surface area (Å²) in [4.78, 5) is 38.1. The van der Waals surface area contributed by atoms with E-state index in [4.69, 9.17) is 0 Å². The maximum Gasteiger partial charge on any atom is 0.358 e. The molecule has 0 aliphatic carbocycles. The number of thiazole rings is 1. The number of hydrogen-bond acceptors (Lipinski definition) is 8. The number of nitrogens with one attached hydrogen (secondary N) is 1. The van der Waals surface area contributed by atoms with E-state index in [1.807, 2.05) is 5.32 Å². The van der Waals surface area contributed by atoms with E-state index in [-0.39, 0.29) is 9.90 Å². The SMILES string of the molecule is COC(=O)c1ncsc1S(=O)(=O)N1CC(=O)NC(=O)C1C. The fourth-order valence-corrected chi connectivity index (χ4v) is 4.54. The van der Waals surface area contributed by atoms with E-state index in [1.54, 1.807) is 0 Å². The number of hydrogen-bond donors (Lipinski definition) is 1. The molecule has 0 bridgehead atoms. The van der Waals surface area contributed by atoms with Crippen molar-refractivity contribution >= 4 is 39.1 Å². The fourth-order valence-electron chi connectivity index (χ4n) is 1.74. The molecule has 1 aliphatic rings. The van der Waals surface area contributed by atoms with Gasteiger partial charge in [0.25, 0.3) is 10.0 Å². The number of carbonyl (C=O) groups is 3. The van der Waals surface area contributed by atoms with E-state index in [0.29, 0.717) is 11.3 Å². The fraction of sp³-hybridized carbons (Fsp3) is 0.400. The van der Waals surface area contributed by atoms with Crippen LogP contribution >= 0.6 is 11.3 Å². The summed E-state index contributed by atoms with van der Waals surface area (Å²) >= 11 is 0.714. The van der Waals surface area contributed by atoms with Crippen molar-refractivity contribution < 1.29 is 27.5 Å². The first-order valence-electron chi connectivity index (χ1n) is 5.66. The maximum absolute atomic E-state index is 12.5. The van der Waals surface area contributed by atoms with Gasteiger partial charge in [-0.1, -0.05) is 0 Å². The van der Waals surface area contributed by atoms with Crippen LogP contribution in [0.3, 0.4) is 0 Å². The molecule has 1 aromatic heterocycles. The van der Waals surface area contributed by atoms with Crippen molar-refractivity contribution in [1.29, 1.82) is 0 Å². The van der Waals surface area contributed by atoms with E-state index in [2.05, 4.69) is 9.72 Å². The number of rotatable bonds is 3. The van der Waals surface area contributed by atoms with Gasteiger partial charge in [-0.05, 0) is 6.92 Å². The Kier molecular flexibility index (Phi) is 4.07. The second-order valence-corrected chi connectivity index (χ2v) is 7.06. The summed E-state index contributed by atoms with van der Waals surface area (Å²) in [5.74, 6) is -2.36. The summed E-state index contributed by atoms with van der Waals surface area (Å²) in [7, 11) is -3.12. The largest absolute Gasteiger partial charge is 0.464 e. The minimum absolute atomic E-state index is 0.358. The molecule has 1 N–H and O–H groups in total. The van der Waals surface area contributed by atoms with E-state index in [1.165, 1.54) is 12.4 Å². The monoisotopic (exact) mass is 333 g/mol. The first-order chi connectivity index (χ1) is 9.78. The van der Waals surface area contributed by atoms with Crippen LogP contribution in [-0.2, 0) is 24.3 Å². The van der Waals surface area contributed by atoms with E-state index >= 15 is 0 Å². The zero-order valence-corrected chi connectivity index (χ0v) is 12.7. The zero-order chi connectivity index (χ0) is 15.8. The molecule has 1 saturated heterocycles. The Morgan fingerprint density at radius 1 is 1.52 bits per heavy atom. The van der Waals surface area contributed by atoms with E-state index < -0.39 is 40.4 Å². The lowest BCUT2D eigenvalue weighted by atomic mass is 10.2. The smallest absolute Gasteiger partial charge is 0.358 e. The molecule has 2 rings (SSSR count). The molecule has 2 amide bonds. The van der Waals surface area contributed by atoms with Crippen LogP contribution in [0.25, 0.3) is 0 Å². The molecule has 2 heterocycles. The van der Waals surface area contributed by atoms with Crippen LogP contribution in [0, 0.1) is 0 Å². The van der Waals surface area contributed by atoms with Gasteiger partial charge in [-0.3, -0.25) is 14.9 Å². The molecule has 1 atom stereocenters. The van der Waals surface area contributed by atoms with Crippen LogP contribution in [0.1, 0.15) is 17.4 Å². The van der Waals surface area contributed by atoms with E-state index in [0.717, 1.165) is 11.4 Å². The van der Waals surface area contributed by atoms with Gasteiger partial charge in [-0.15, -0.1) is 11.3 Å². The van der Waals surface area contributed by atoms with Gasteiger partial charge in [0.1, 0.15) is 6.04 Å². The van der Waals surface area contributed by atoms with Crippen LogP contribution < -0.4 is 5.32 Å². The van der Waals surface area contributed by atoms with Gasteiger partial charge in [-0.2, -0.15) is 4.31 Å². The number of piperazine rings is 1. The Balaban J connectivity index is 2.47. The number of carbonyl (C=O) groups excluding carboxylic acids is 3. The van der Waals surface area contributed by atoms with Gasteiger partial charge in [0, 0.05) is 0 Å². The Hall–Kier alpha value is -1.85. The van der Waals surface area contributed by atoms with Crippen molar-refractivity contribution in [3.05, 3.63) is 11.2 Å². The summed E-state index contributed by atoms with van der Waals surface area (Å²) in [6.07, 6.45) is 0. The molecule has 0 aromatic carbocycles. The average molecular weight is 333 g/mol. The van der Waals surface area contributed by atoms with Crippen molar-refractivity contribution in [2.45, 2.75) is 17.2 Å². The number of imide groups is 1. The van der Waals surface area contributed by atoms with Crippen LogP contribution in [0.5, 0.6) is 0 Å². The number of amides is 2. The number of aromatic nitrogens is 1. The normalized spacial score (nSPS) is 20.2. The summed E-state index contributed by atoms with van der Waals surface area (Å²) < 4.78 is 29.9. The van der Waals surface area contributed by atoms with Gasteiger partial charge in [-0.25, -0.2) is 18.2 Å². The third-order valence-electron chi connectivity index (χ3n) is 2.83. The second-order valence-electron chi connectivity index (χ2n) is 4.12. The highest BCUT2D eigenvalue weighted by Gasteiger charge is 2.41. The second kappa shape index (κ2) is 5.50. The predicted octanol–water partition coefficient (Wildman–Crippen LogP) is -1.03. The number of ether oxygens (including phenoxy) is 1. The van der Waals surface area contributed by atoms with Crippen molar-refractivity contribution in [1.82, 2.24) is 14.6 Å². The zero-order valence-electron chi connectivity index (χ0n) is 11.0. The Morgan fingerprint density at radius 3 is 2.81 bits per heavy atom. The van der Waals surface area contributed by atoms with Crippen LogP contribution in [0.4, 0.5) is 0 Å². The molecule has 1 fully saturated rings. The lowest BCUT2D eigenvalue weighted by Gasteiger charge is -2.30. The topological polar surface area (TPSA) is 123 Å². The highest BCUT2D eigenvalue weighted by atomic mass is 32.2. The number of esters is 1.